The average Bonchev–Trinajstić information content (AvgIpc) is 2.25. The first-order valence-electron chi connectivity index (χ1n) is 5.27. The molecule has 0 aliphatic carbocycles. The molecular weight excluding hydrogens is 222 g/mol. The van der Waals surface area contributed by atoms with E-state index in [-0.39, 0.29) is 17.2 Å². The minimum absolute atomic E-state index is 0.0508. The molecule has 1 aromatic rings. The van der Waals surface area contributed by atoms with Crippen LogP contribution >= 0.6 is 0 Å². The van der Waals surface area contributed by atoms with Gasteiger partial charge in [0.2, 0.25) is 0 Å². The Morgan fingerprint density at radius 2 is 1.94 bits per heavy atom. The fourth-order valence-electron chi connectivity index (χ4n) is 1.53. The summed E-state index contributed by atoms with van der Waals surface area (Å²) in [4.78, 5) is 21.8. The Morgan fingerprint density at radius 3 is 2.41 bits per heavy atom. The lowest BCUT2D eigenvalue weighted by molar-refractivity contribution is 0.0680. The van der Waals surface area contributed by atoms with Crippen molar-refractivity contribution in [3.8, 4) is 0 Å². The number of benzene rings is 1. The molecule has 92 valence electrons. The van der Waals surface area contributed by atoms with Crippen LogP contribution in [0.25, 0.3) is 0 Å². The second-order valence-electron chi connectivity index (χ2n) is 4.00. The van der Waals surface area contributed by atoms with E-state index in [4.69, 9.17) is 15.9 Å². The molecule has 1 aromatic carbocycles. The number of aromatic carboxylic acids is 2. The topological polar surface area (TPSA) is 101 Å². The predicted molar refractivity (Wildman–Crippen MR) is 62.3 cm³/mol. The smallest absolute Gasteiger partial charge is 0.335 e. The number of carboxylic acid groups (broad SMARTS) is 2. The van der Waals surface area contributed by atoms with Gasteiger partial charge in [0.25, 0.3) is 0 Å². The molecule has 0 amide bonds. The van der Waals surface area contributed by atoms with Gasteiger partial charge in [-0.05, 0) is 43.5 Å². The minimum Gasteiger partial charge on any atom is -0.478 e. The van der Waals surface area contributed by atoms with Crippen molar-refractivity contribution in [3.63, 3.8) is 0 Å². The number of hydrogen-bond donors (Lipinski definition) is 3. The molecule has 0 spiro atoms. The number of carbonyl (C=O) groups is 2. The maximum absolute atomic E-state index is 11.0. The predicted octanol–water partition coefficient (Wildman–Crippen LogP) is 1.36. The van der Waals surface area contributed by atoms with Gasteiger partial charge in [0.05, 0.1) is 11.1 Å². The van der Waals surface area contributed by atoms with Crippen molar-refractivity contribution in [2.24, 2.45) is 5.73 Å². The van der Waals surface area contributed by atoms with Gasteiger partial charge < -0.3 is 15.9 Å². The van der Waals surface area contributed by atoms with Crippen LogP contribution in [0.5, 0.6) is 0 Å². The Labute approximate surface area is 98.9 Å². The van der Waals surface area contributed by atoms with Gasteiger partial charge in [0, 0.05) is 6.04 Å². The third kappa shape index (κ3) is 3.57. The summed E-state index contributed by atoms with van der Waals surface area (Å²) >= 11 is 0. The molecular formula is C12H15NO4. The maximum atomic E-state index is 11.0. The van der Waals surface area contributed by atoms with E-state index in [0.29, 0.717) is 18.4 Å². The van der Waals surface area contributed by atoms with Crippen LogP contribution in [0.4, 0.5) is 0 Å². The second-order valence-corrected chi connectivity index (χ2v) is 4.00. The Balaban J connectivity index is 3.07. The molecule has 4 N–H and O–H groups in total. The minimum atomic E-state index is -1.07. The molecule has 5 heteroatoms. The number of hydrogen-bond acceptors (Lipinski definition) is 3. The van der Waals surface area contributed by atoms with Crippen molar-refractivity contribution in [1.82, 2.24) is 0 Å². The summed E-state index contributed by atoms with van der Waals surface area (Å²) in [5, 5.41) is 17.8. The Hall–Kier alpha value is -1.88. The third-order valence-electron chi connectivity index (χ3n) is 2.45. The van der Waals surface area contributed by atoms with Crippen molar-refractivity contribution in [2.75, 3.05) is 0 Å². The monoisotopic (exact) mass is 237 g/mol. The van der Waals surface area contributed by atoms with Gasteiger partial charge in [-0.15, -0.1) is 0 Å². The van der Waals surface area contributed by atoms with Crippen LogP contribution in [0.3, 0.4) is 0 Å². The van der Waals surface area contributed by atoms with Crippen LogP contribution in [0.15, 0.2) is 18.2 Å². The molecule has 0 heterocycles. The molecule has 0 bridgehead atoms. The zero-order chi connectivity index (χ0) is 13.0. The molecule has 0 saturated heterocycles. The van der Waals surface area contributed by atoms with Crippen LogP contribution < -0.4 is 5.73 Å². The lowest BCUT2D eigenvalue weighted by atomic mass is 9.98. The highest BCUT2D eigenvalue weighted by atomic mass is 16.4. The Kier molecular flexibility index (Phi) is 4.23. The van der Waals surface area contributed by atoms with E-state index >= 15 is 0 Å². The van der Waals surface area contributed by atoms with Crippen LogP contribution in [-0.2, 0) is 6.42 Å². The first-order chi connectivity index (χ1) is 7.91. The SMILES string of the molecule is CC(N)CCc1cc(C(=O)O)ccc1C(=O)O. The lowest BCUT2D eigenvalue weighted by Gasteiger charge is -2.09. The zero-order valence-electron chi connectivity index (χ0n) is 9.51. The largest absolute Gasteiger partial charge is 0.478 e. The van der Waals surface area contributed by atoms with Gasteiger partial charge in [-0.3, -0.25) is 0 Å². The summed E-state index contributed by atoms with van der Waals surface area (Å²) < 4.78 is 0. The number of carboxylic acids is 2. The van der Waals surface area contributed by atoms with Gasteiger partial charge in [-0.1, -0.05) is 0 Å². The molecule has 17 heavy (non-hydrogen) atoms. The van der Waals surface area contributed by atoms with Gasteiger partial charge in [0.15, 0.2) is 0 Å². The first-order valence-corrected chi connectivity index (χ1v) is 5.27. The molecule has 0 saturated carbocycles. The Morgan fingerprint density at radius 1 is 1.29 bits per heavy atom. The average molecular weight is 237 g/mol. The molecule has 0 aliphatic rings. The van der Waals surface area contributed by atoms with E-state index in [0.717, 1.165) is 0 Å². The number of nitrogens with two attached hydrogens (primary N) is 1. The van der Waals surface area contributed by atoms with E-state index in [1.54, 1.807) is 0 Å². The molecule has 1 rings (SSSR count). The fraction of sp³-hybridized carbons (Fsp3) is 0.333. The third-order valence-corrected chi connectivity index (χ3v) is 2.45. The normalized spacial score (nSPS) is 12.1. The van der Waals surface area contributed by atoms with Crippen LogP contribution in [-0.4, -0.2) is 28.2 Å². The lowest BCUT2D eigenvalue weighted by Crippen LogP contribution is -2.16. The van der Waals surface area contributed by atoms with E-state index in [1.165, 1.54) is 18.2 Å². The summed E-state index contributed by atoms with van der Waals surface area (Å²) in [5.74, 6) is -2.12. The van der Waals surface area contributed by atoms with Crippen molar-refractivity contribution >= 4 is 11.9 Å². The van der Waals surface area contributed by atoms with Crippen molar-refractivity contribution in [3.05, 3.63) is 34.9 Å². The van der Waals surface area contributed by atoms with Gasteiger partial charge in [-0.2, -0.15) is 0 Å². The number of aryl methyl sites for hydroxylation is 1. The molecule has 0 radical (unpaired) electrons. The van der Waals surface area contributed by atoms with Crippen molar-refractivity contribution in [2.45, 2.75) is 25.8 Å². The summed E-state index contributed by atoms with van der Waals surface area (Å²) in [6.45, 7) is 1.82. The second kappa shape index (κ2) is 5.45. The van der Waals surface area contributed by atoms with Gasteiger partial charge in [-0.25, -0.2) is 9.59 Å². The van der Waals surface area contributed by atoms with Crippen LogP contribution in [0.2, 0.25) is 0 Å². The fourth-order valence-corrected chi connectivity index (χ4v) is 1.53. The van der Waals surface area contributed by atoms with E-state index in [2.05, 4.69) is 0 Å². The first kappa shape index (κ1) is 13.2. The van der Waals surface area contributed by atoms with Gasteiger partial charge >= 0.3 is 11.9 Å². The highest BCUT2D eigenvalue weighted by Gasteiger charge is 2.13. The summed E-state index contributed by atoms with van der Waals surface area (Å²) in [6.07, 6.45) is 1.07. The maximum Gasteiger partial charge on any atom is 0.335 e. The van der Waals surface area contributed by atoms with Gasteiger partial charge in [0.1, 0.15) is 0 Å². The summed E-state index contributed by atoms with van der Waals surface area (Å²) in [5.41, 5.74) is 6.34. The summed E-state index contributed by atoms with van der Waals surface area (Å²) in [7, 11) is 0. The highest BCUT2D eigenvalue weighted by molar-refractivity contribution is 5.93. The van der Waals surface area contributed by atoms with Crippen LogP contribution in [0, 0.1) is 0 Å². The van der Waals surface area contributed by atoms with E-state index in [1.807, 2.05) is 6.92 Å². The molecule has 1 unspecified atom stereocenters. The van der Waals surface area contributed by atoms with E-state index in [9.17, 15) is 9.59 Å². The Bertz CT molecular complexity index is 440. The van der Waals surface area contributed by atoms with Crippen molar-refractivity contribution < 1.29 is 19.8 Å². The van der Waals surface area contributed by atoms with E-state index < -0.39 is 11.9 Å². The number of rotatable bonds is 5. The molecule has 0 fully saturated rings. The highest BCUT2D eigenvalue weighted by Crippen LogP contribution is 2.15. The zero-order valence-corrected chi connectivity index (χ0v) is 9.51. The molecule has 0 aliphatic heterocycles. The van der Waals surface area contributed by atoms with Crippen LogP contribution in [0.1, 0.15) is 39.6 Å². The molecule has 5 nitrogen and oxygen atoms in total. The van der Waals surface area contributed by atoms with Crippen molar-refractivity contribution in [1.29, 1.82) is 0 Å². The standard InChI is InChI=1S/C12H15NO4/c1-7(13)2-3-8-6-9(11(14)15)4-5-10(8)12(16)17/h4-7H,2-3,13H2,1H3,(H,14,15)(H,16,17). The quantitative estimate of drug-likeness (QED) is 0.717. The molecule has 1 atom stereocenters. The summed E-state index contributed by atoms with van der Waals surface area (Å²) in [6, 6.07) is 3.96. The molecule has 0 aromatic heterocycles.